The molecule has 0 amide bonds. The first-order chi connectivity index (χ1) is 7.61. The summed E-state index contributed by atoms with van der Waals surface area (Å²) >= 11 is 0. The van der Waals surface area contributed by atoms with Crippen LogP contribution < -0.4 is 0 Å². The van der Waals surface area contributed by atoms with E-state index in [9.17, 15) is 4.79 Å². The van der Waals surface area contributed by atoms with Crippen LogP contribution in [-0.4, -0.2) is 12.6 Å². The van der Waals surface area contributed by atoms with Gasteiger partial charge in [-0.05, 0) is 26.3 Å². The van der Waals surface area contributed by atoms with Gasteiger partial charge in [-0.2, -0.15) is 0 Å². The van der Waals surface area contributed by atoms with E-state index in [-0.39, 0.29) is 5.95 Å². The summed E-state index contributed by atoms with van der Waals surface area (Å²) < 4.78 is 10.3. The molecule has 0 aromatic heterocycles. The van der Waals surface area contributed by atoms with Crippen molar-refractivity contribution in [3.05, 3.63) is 24.2 Å². The Morgan fingerprint density at radius 1 is 1.31 bits per heavy atom. The van der Waals surface area contributed by atoms with Crippen LogP contribution in [0, 0.1) is 0 Å². The van der Waals surface area contributed by atoms with Gasteiger partial charge in [-0.3, -0.25) is 0 Å². The molecule has 0 rings (SSSR count). The highest BCUT2D eigenvalue weighted by Gasteiger charge is 2.07. The minimum absolute atomic E-state index is 0.268. The normalized spacial score (nSPS) is 11.1. The van der Waals surface area contributed by atoms with Gasteiger partial charge in [0.15, 0.2) is 0 Å². The lowest BCUT2D eigenvalue weighted by molar-refractivity contribution is -0.140. The summed E-state index contributed by atoms with van der Waals surface area (Å²) in [5, 5.41) is 0. The number of ether oxygens (including phenoxy) is 2. The van der Waals surface area contributed by atoms with E-state index in [2.05, 4.69) is 13.5 Å². The van der Waals surface area contributed by atoms with Gasteiger partial charge in [0, 0.05) is 5.57 Å². The van der Waals surface area contributed by atoms with Crippen LogP contribution in [0.2, 0.25) is 0 Å². The molecule has 0 bridgehead atoms. The zero-order valence-electron chi connectivity index (χ0n) is 10.5. The van der Waals surface area contributed by atoms with Crippen molar-refractivity contribution in [3.8, 4) is 0 Å². The van der Waals surface area contributed by atoms with E-state index >= 15 is 0 Å². The number of rotatable bonds is 8. The summed E-state index contributed by atoms with van der Waals surface area (Å²) in [5.74, 6) is -0.175. The van der Waals surface area contributed by atoms with Crippen LogP contribution >= 0.6 is 0 Å². The molecule has 0 radical (unpaired) electrons. The number of esters is 1. The highest BCUT2D eigenvalue weighted by Crippen LogP contribution is 2.06. The van der Waals surface area contributed by atoms with Gasteiger partial charge in [-0.15, -0.1) is 0 Å². The third-order valence-corrected chi connectivity index (χ3v) is 2.02. The summed E-state index contributed by atoms with van der Waals surface area (Å²) in [4.78, 5) is 11.2. The Morgan fingerprint density at radius 3 is 2.50 bits per heavy atom. The molecule has 0 saturated heterocycles. The number of allylic oxidation sites excluding steroid dienone is 1. The van der Waals surface area contributed by atoms with Crippen molar-refractivity contribution in [2.45, 2.75) is 46.5 Å². The molecule has 0 fully saturated rings. The van der Waals surface area contributed by atoms with E-state index in [0.717, 1.165) is 12.8 Å². The SMILES string of the molecule is C=C(C)C(=O)O/C(=C\C)OCCCCCC. The first kappa shape index (κ1) is 14.8. The maximum absolute atomic E-state index is 11.2. The molecule has 0 heterocycles. The van der Waals surface area contributed by atoms with Crippen molar-refractivity contribution in [1.29, 1.82) is 0 Å². The van der Waals surface area contributed by atoms with Crippen molar-refractivity contribution in [2.24, 2.45) is 0 Å². The Balaban J connectivity index is 3.77. The molecule has 3 heteroatoms. The van der Waals surface area contributed by atoms with E-state index in [1.807, 2.05) is 0 Å². The van der Waals surface area contributed by atoms with Crippen molar-refractivity contribution in [2.75, 3.05) is 6.61 Å². The van der Waals surface area contributed by atoms with Crippen molar-refractivity contribution in [3.63, 3.8) is 0 Å². The standard InChI is InChI=1S/C13H22O3/c1-5-7-8-9-10-15-12(6-2)16-13(14)11(3)4/h6H,3,5,7-10H2,1-2,4H3/b12-6-. The Hall–Kier alpha value is -1.25. The third kappa shape index (κ3) is 7.10. The highest BCUT2D eigenvalue weighted by molar-refractivity contribution is 5.87. The molecule has 0 atom stereocenters. The quantitative estimate of drug-likeness (QED) is 0.275. The summed E-state index contributed by atoms with van der Waals surface area (Å²) in [6, 6.07) is 0. The predicted molar refractivity (Wildman–Crippen MR) is 64.8 cm³/mol. The fourth-order valence-electron chi connectivity index (χ4n) is 1.05. The van der Waals surface area contributed by atoms with Crippen LogP contribution in [0.25, 0.3) is 0 Å². The molecular formula is C13H22O3. The molecule has 0 aromatic carbocycles. The Labute approximate surface area is 98.1 Å². The molecule has 0 aliphatic heterocycles. The van der Waals surface area contributed by atoms with E-state index in [1.165, 1.54) is 12.8 Å². The molecule has 0 spiro atoms. The van der Waals surface area contributed by atoms with Gasteiger partial charge in [0.25, 0.3) is 5.95 Å². The molecule has 0 aliphatic carbocycles. The molecule has 0 saturated carbocycles. The molecule has 0 N–H and O–H groups in total. The van der Waals surface area contributed by atoms with Crippen LogP contribution in [0.15, 0.2) is 24.2 Å². The molecule has 16 heavy (non-hydrogen) atoms. The summed E-state index contributed by atoms with van der Waals surface area (Å²) in [6.07, 6.45) is 6.17. The van der Waals surface area contributed by atoms with E-state index in [4.69, 9.17) is 9.47 Å². The first-order valence-corrected chi connectivity index (χ1v) is 5.78. The lowest BCUT2D eigenvalue weighted by Gasteiger charge is -2.09. The third-order valence-electron chi connectivity index (χ3n) is 2.02. The first-order valence-electron chi connectivity index (χ1n) is 5.78. The maximum atomic E-state index is 11.2. The zero-order valence-corrected chi connectivity index (χ0v) is 10.5. The maximum Gasteiger partial charge on any atom is 0.340 e. The summed E-state index contributed by atoms with van der Waals surface area (Å²) in [7, 11) is 0. The van der Waals surface area contributed by atoms with Crippen LogP contribution in [0.1, 0.15) is 46.5 Å². The van der Waals surface area contributed by atoms with E-state index < -0.39 is 5.97 Å². The Kier molecular flexibility index (Phi) is 8.31. The van der Waals surface area contributed by atoms with E-state index in [0.29, 0.717) is 12.2 Å². The highest BCUT2D eigenvalue weighted by atomic mass is 16.7. The number of carbonyl (C=O) groups excluding carboxylic acids is 1. The summed E-state index contributed by atoms with van der Waals surface area (Å²) in [5.41, 5.74) is 0.369. The number of unbranched alkanes of at least 4 members (excludes halogenated alkanes) is 3. The molecule has 92 valence electrons. The van der Waals surface area contributed by atoms with Gasteiger partial charge < -0.3 is 9.47 Å². The van der Waals surface area contributed by atoms with Crippen LogP contribution in [0.3, 0.4) is 0 Å². The van der Waals surface area contributed by atoms with Gasteiger partial charge in [-0.25, -0.2) is 4.79 Å². The minimum atomic E-state index is -0.443. The number of carbonyl (C=O) groups is 1. The average Bonchev–Trinajstić information content (AvgIpc) is 2.26. The fourth-order valence-corrected chi connectivity index (χ4v) is 1.05. The Bertz CT molecular complexity index is 254. The number of hydrogen-bond acceptors (Lipinski definition) is 3. The average molecular weight is 226 g/mol. The molecule has 0 unspecified atom stereocenters. The monoisotopic (exact) mass is 226 g/mol. The second-order valence-corrected chi connectivity index (χ2v) is 3.69. The van der Waals surface area contributed by atoms with Gasteiger partial charge >= 0.3 is 5.97 Å². The van der Waals surface area contributed by atoms with Gasteiger partial charge in [-0.1, -0.05) is 32.8 Å². The van der Waals surface area contributed by atoms with Gasteiger partial charge in [0.1, 0.15) is 0 Å². The van der Waals surface area contributed by atoms with Gasteiger partial charge in [0.05, 0.1) is 6.61 Å². The van der Waals surface area contributed by atoms with Crippen LogP contribution in [-0.2, 0) is 14.3 Å². The molecule has 0 aromatic rings. The summed E-state index contributed by atoms with van der Waals surface area (Å²) in [6.45, 7) is 9.63. The topological polar surface area (TPSA) is 35.5 Å². The number of hydrogen-bond donors (Lipinski definition) is 0. The Morgan fingerprint density at radius 2 is 2.00 bits per heavy atom. The predicted octanol–water partition coefficient (Wildman–Crippen LogP) is 3.56. The smallest absolute Gasteiger partial charge is 0.340 e. The van der Waals surface area contributed by atoms with Crippen molar-refractivity contribution >= 4 is 5.97 Å². The second kappa shape index (κ2) is 9.01. The van der Waals surface area contributed by atoms with Crippen molar-refractivity contribution < 1.29 is 14.3 Å². The van der Waals surface area contributed by atoms with Gasteiger partial charge in [0.2, 0.25) is 0 Å². The molecular weight excluding hydrogens is 204 g/mol. The molecule has 3 nitrogen and oxygen atoms in total. The lowest BCUT2D eigenvalue weighted by atomic mass is 10.2. The van der Waals surface area contributed by atoms with Crippen LogP contribution in [0.5, 0.6) is 0 Å². The zero-order chi connectivity index (χ0) is 12.4. The van der Waals surface area contributed by atoms with Crippen molar-refractivity contribution in [1.82, 2.24) is 0 Å². The van der Waals surface area contributed by atoms with E-state index in [1.54, 1.807) is 19.9 Å². The second-order valence-electron chi connectivity index (χ2n) is 3.69. The fraction of sp³-hybridized carbons (Fsp3) is 0.615. The molecule has 0 aliphatic rings. The minimum Gasteiger partial charge on any atom is -0.465 e. The lowest BCUT2D eigenvalue weighted by Crippen LogP contribution is -2.08. The largest absolute Gasteiger partial charge is 0.465 e. The van der Waals surface area contributed by atoms with Crippen LogP contribution in [0.4, 0.5) is 0 Å².